The van der Waals surface area contributed by atoms with E-state index in [1.54, 1.807) is 0 Å². The summed E-state index contributed by atoms with van der Waals surface area (Å²) in [5, 5.41) is 0. The first-order valence-electron chi connectivity index (χ1n) is 6.74. The Hall–Kier alpha value is -1.51. The number of benzene rings is 1. The molecule has 1 aromatic rings. The molecule has 3 heteroatoms. The molecule has 1 atom stereocenters. The highest BCUT2D eigenvalue weighted by Gasteiger charge is 2.18. The first-order chi connectivity index (χ1) is 8.73. The molecule has 0 bridgehead atoms. The lowest BCUT2D eigenvalue weighted by Gasteiger charge is -2.19. The van der Waals surface area contributed by atoms with Gasteiger partial charge >= 0.3 is 6.16 Å². The number of hydrogen-bond donors (Lipinski definition) is 0. The van der Waals surface area contributed by atoms with Crippen LogP contribution in [0.5, 0.6) is 5.75 Å². The van der Waals surface area contributed by atoms with E-state index in [0.717, 1.165) is 12.0 Å². The van der Waals surface area contributed by atoms with E-state index in [4.69, 9.17) is 9.47 Å². The summed E-state index contributed by atoms with van der Waals surface area (Å²) in [7, 11) is 0. The van der Waals surface area contributed by atoms with Gasteiger partial charge in [0.15, 0.2) is 0 Å². The van der Waals surface area contributed by atoms with Crippen LogP contribution in [-0.2, 0) is 4.74 Å². The number of ether oxygens (including phenoxy) is 2. The van der Waals surface area contributed by atoms with Crippen molar-refractivity contribution in [2.24, 2.45) is 0 Å². The predicted octanol–water partition coefficient (Wildman–Crippen LogP) is 4.82. The summed E-state index contributed by atoms with van der Waals surface area (Å²) in [5.41, 5.74) is 1.67. The van der Waals surface area contributed by atoms with Gasteiger partial charge in [-0.15, -0.1) is 0 Å². The average Bonchev–Trinajstić information content (AvgIpc) is 2.28. The molecule has 0 saturated carbocycles. The zero-order chi connectivity index (χ0) is 14.6. The fourth-order valence-corrected chi connectivity index (χ4v) is 1.69. The van der Waals surface area contributed by atoms with E-state index in [2.05, 4.69) is 19.9 Å². The maximum absolute atomic E-state index is 11.6. The lowest BCUT2D eigenvalue weighted by molar-refractivity contribution is 0.0205. The third kappa shape index (κ3) is 4.93. The van der Waals surface area contributed by atoms with Crippen LogP contribution in [0.4, 0.5) is 4.79 Å². The first kappa shape index (κ1) is 15.5. The van der Waals surface area contributed by atoms with Crippen LogP contribution >= 0.6 is 0 Å². The Bertz CT molecular complexity index is 444. The number of hydrogen-bond acceptors (Lipinski definition) is 3. The van der Waals surface area contributed by atoms with Gasteiger partial charge in [0.25, 0.3) is 0 Å². The first-order valence-corrected chi connectivity index (χ1v) is 6.74. The van der Waals surface area contributed by atoms with E-state index < -0.39 is 11.8 Å². The SMILES string of the molecule is CCC(C)c1ccc(OC(=O)OC(C)(C)C)c(C)c1. The Kier molecular flexibility index (Phi) is 4.98. The van der Waals surface area contributed by atoms with Gasteiger partial charge in [0.1, 0.15) is 11.4 Å². The van der Waals surface area contributed by atoms with Gasteiger partial charge in [-0.2, -0.15) is 0 Å². The van der Waals surface area contributed by atoms with Gasteiger partial charge in [0.05, 0.1) is 0 Å². The molecule has 0 aliphatic rings. The highest BCUT2D eigenvalue weighted by Crippen LogP contribution is 2.26. The molecule has 0 aliphatic heterocycles. The lowest BCUT2D eigenvalue weighted by atomic mass is 9.97. The van der Waals surface area contributed by atoms with Crippen LogP contribution in [-0.4, -0.2) is 11.8 Å². The smallest absolute Gasteiger partial charge is 0.428 e. The molecule has 1 aromatic carbocycles. The van der Waals surface area contributed by atoms with Crippen molar-refractivity contribution in [3.05, 3.63) is 29.3 Å². The molecule has 0 amide bonds. The molecule has 0 heterocycles. The van der Waals surface area contributed by atoms with Crippen molar-refractivity contribution in [1.82, 2.24) is 0 Å². The van der Waals surface area contributed by atoms with Crippen molar-refractivity contribution in [3.8, 4) is 5.75 Å². The molecular formula is C16H24O3. The molecule has 3 nitrogen and oxygen atoms in total. The summed E-state index contributed by atoms with van der Waals surface area (Å²) in [6, 6.07) is 5.90. The summed E-state index contributed by atoms with van der Waals surface area (Å²) < 4.78 is 10.4. The van der Waals surface area contributed by atoms with Gasteiger partial charge in [0.2, 0.25) is 0 Å². The van der Waals surface area contributed by atoms with E-state index in [1.165, 1.54) is 5.56 Å². The summed E-state index contributed by atoms with van der Waals surface area (Å²) in [5.74, 6) is 1.07. The number of carbonyl (C=O) groups is 1. The van der Waals surface area contributed by atoms with E-state index in [-0.39, 0.29) is 0 Å². The normalized spacial score (nSPS) is 12.9. The quantitative estimate of drug-likeness (QED) is 0.580. The number of rotatable bonds is 3. The van der Waals surface area contributed by atoms with Crippen molar-refractivity contribution in [1.29, 1.82) is 0 Å². The van der Waals surface area contributed by atoms with Gasteiger partial charge in [0, 0.05) is 0 Å². The minimum absolute atomic E-state index is 0.509. The molecule has 19 heavy (non-hydrogen) atoms. The molecule has 0 N–H and O–H groups in total. The fraction of sp³-hybridized carbons (Fsp3) is 0.562. The van der Waals surface area contributed by atoms with Crippen molar-refractivity contribution >= 4 is 6.16 Å². The van der Waals surface area contributed by atoms with Crippen LogP contribution in [0.3, 0.4) is 0 Å². The zero-order valence-electron chi connectivity index (χ0n) is 12.7. The van der Waals surface area contributed by atoms with Crippen LogP contribution in [0, 0.1) is 6.92 Å². The van der Waals surface area contributed by atoms with Crippen LogP contribution in [0.15, 0.2) is 18.2 Å². The molecule has 106 valence electrons. The van der Waals surface area contributed by atoms with E-state index in [0.29, 0.717) is 11.7 Å². The molecule has 0 fully saturated rings. The second-order valence-electron chi connectivity index (χ2n) is 5.90. The fourth-order valence-electron chi connectivity index (χ4n) is 1.69. The standard InChI is InChI=1S/C16H24O3/c1-7-11(2)13-8-9-14(12(3)10-13)18-15(17)19-16(4,5)6/h8-11H,7H2,1-6H3. The second kappa shape index (κ2) is 6.09. The van der Waals surface area contributed by atoms with E-state index in [1.807, 2.05) is 39.8 Å². The summed E-state index contributed by atoms with van der Waals surface area (Å²) in [6.45, 7) is 11.7. The van der Waals surface area contributed by atoms with Crippen LogP contribution in [0.2, 0.25) is 0 Å². The largest absolute Gasteiger partial charge is 0.514 e. The molecule has 0 radical (unpaired) electrons. The minimum atomic E-state index is -0.660. The molecule has 0 aromatic heterocycles. The van der Waals surface area contributed by atoms with Gasteiger partial charge < -0.3 is 9.47 Å². The predicted molar refractivity (Wildman–Crippen MR) is 76.7 cm³/mol. The topological polar surface area (TPSA) is 35.5 Å². The second-order valence-corrected chi connectivity index (χ2v) is 5.90. The number of carbonyl (C=O) groups excluding carboxylic acids is 1. The molecular weight excluding hydrogens is 240 g/mol. The molecule has 0 saturated heterocycles. The zero-order valence-corrected chi connectivity index (χ0v) is 12.7. The van der Waals surface area contributed by atoms with Crippen LogP contribution in [0.1, 0.15) is 58.1 Å². The third-order valence-electron chi connectivity index (χ3n) is 2.96. The molecule has 1 unspecified atom stereocenters. The molecule has 0 aliphatic carbocycles. The summed E-state index contributed by atoms with van der Waals surface area (Å²) in [4.78, 5) is 11.6. The van der Waals surface area contributed by atoms with Crippen LogP contribution < -0.4 is 4.74 Å². The number of aryl methyl sites for hydroxylation is 1. The van der Waals surface area contributed by atoms with E-state index in [9.17, 15) is 4.79 Å². The highest BCUT2D eigenvalue weighted by atomic mass is 16.7. The van der Waals surface area contributed by atoms with Crippen molar-refractivity contribution in [3.63, 3.8) is 0 Å². The maximum Gasteiger partial charge on any atom is 0.514 e. The van der Waals surface area contributed by atoms with Crippen molar-refractivity contribution in [2.45, 2.75) is 59.5 Å². The lowest BCUT2D eigenvalue weighted by Crippen LogP contribution is -2.26. The van der Waals surface area contributed by atoms with Crippen LogP contribution in [0.25, 0.3) is 0 Å². The Morgan fingerprint density at radius 2 is 1.95 bits per heavy atom. The monoisotopic (exact) mass is 264 g/mol. The Labute approximate surface area is 115 Å². The Morgan fingerprint density at radius 3 is 2.42 bits per heavy atom. The van der Waals surface area contributed by atoms with Gasteiger partial charge in [-0.05, 0) is 57.2 Å². The van der Waals surface area contributed by atoms with Crippen molar-refractivity contribution < 1.29 is 14.3 Å². The summed E-state index contributed by atoms with van der Waals surface area (Å²) in [6.07, 6.45) is 0.429. The van der Waals surface area contributed by atoms with Gasteiger partial charge in [-0.3, -0.25) is 0 Å². The summed E-state index contributed by atoms with van der Waals surface area (Å²) >= 11 is 0. The van der Waals surface area contributed by atoms with Gasteiger partial charge in [-0.1, -0.05) is 26.0 Å². The maximum atomic E-state index is 11.6. The van der Waals surface area contributed by atoms with Gasteiger partial charge in [-0.25, -0.2) is 4.79 Å². The highest BCUT2D eigenvalue weighted by molar-refractivity contribution is 5.65. The Morgan fingerprint density at radius 1 is 1.32 bits per heavy atom. The van der Waals surface area contributed by atoms with Crippen molar-refractivity contribution in [2.75, 3.05) is 0 Å². The third-order valence-corrected chi connectivity index (χ3v) is 2.96. The van der Waals surface area contributed by atoms with E-state index >= 15 is 0 Å². The molecule has 1 rings (SSSR count). The minimum Gasteiger partial charge on any atom is -0.428 e. The average molecular weight is 264 g/mol. The molecule has 0 spiro atoms. The Balaban J connectivity index is 2.78.